The summed E-state index contributed by atoms with van der Waals surface area (Å²) < 4.78 is 16.0. The molecule has 1 aromatic rings. The normalized spacial score (nSPS) is 17.7. The van der Waals surface area contributed by atoms with Crippen LogP contribution in [-0.2, 0) is 20.8 Å². The van der Waals surface area contributed by atoms with Crippen LogP contribution in [-0.4, -0.2) is 31.6 Å². The van der Waals surface area contributed by atoms with E-state index in [1.807, 2.05) is 37.3 Å². The summed E-state index contributed by atoms with van der Waals surface area (Å²) in [6.45, 7) is 3.41. The van der Waals surface area contributed by atoms with Crippen molar-refractivity contribution in [1.29, 1.82) is 0 Å². The molecule has 1 aliphatic rings. The number of benzene rings is 1. The van der Waals surface area contributed by atoms with Gasteiger partial charge < -0.3 is 19.5 Å². The van der Waals surface area contributed by atoms with Gasteiger partial charge in [0.2, 0.25) is 0 Å². The summed E-state index contributed by atoms with van der Waals surface area (Å²) in [5, 5.41) is 2.71. The largest absolute Gasteiger partial charge is 0.445 e. The fourth-order valence-electron chi connectivity index (χ4n) is 1.81. The Kier molecular flexibility index (Phi) is 5.18. The molecule has 1 atom stereocenters. The van der Waals surface area contributed by atoms with Crippen molar-refractivity contribution < 1.29 is 19.0 Å². The molecule has 1 saturated heterocycles. The lowest BCUT2D eigenvalue weighted by Gasteiger charge is -2.28. The summed E-state index contributed by atoms with van der Waals surface area (Å²) in [5.41, 5.74) is 0.954. The zero-order chi connectivity index (χ0) is 13.5. The van der Waals surface area contributed by atoms with E-state index in [2.05, 4.69) is 5.32 Å². The molecular formula is C14H19NO4. The molecule has 1 amide bonds. The highest BCUT2D eigenvalue weighted by Crippen LogP contribution is 2.09. The van der Waals surface area contributed by atoms with Gasteiger partial charge in [-0.15, -0.1) is 0 Å². The van der Waals surface area contributed by atoms with Gasteiger partial charge in [-0.3, -0.25) is 0 Å². The highest BCUT2D eigenvalue weighted by Gasteiger charge is 2.23. The minimum atomic E-state index is -0.464. The fourth-order valence-corrected chi connectivity index (χ4v) is 1.81. The van der Waals surface area contributed by atoms with E-state index in [0.717, 1.165) is 12.0 Å². The Morgan fingerprint density at radius 1 is 1.37 bits per heavy atom. The lowest BCUT2D eigenvalue weighted by molar-refractivity contribution is -0.189. The lowest BCUT2D eigenvalue weighted by atomic mass is 10.2. The molecule has 0 aromatic heterocycles. The molecule has 0 aliphatic carbocycles. The predicted octanol–water partition coefficient (Wildman–Crippen LogP) is 2.06. The quantitative estimate of drug-likeness (QED) is 0.905. The molecule has 1 fully saturated rings. The smallest absolute Gasteiger partial charge is 0.407 e. The third-order valence-electron chi connectivity index (χ3n) is 2.82. The van der Waals surface area contributed by atoms with Crippen molar-refractivity contribution in [3.05, 3.63) is 35.9 Å². The summed E-state index contributed by atoms with van der Waals surface area (Å²) in [7, 11) is 0. The van der Waals surface area contributed by atoms with Crippen LogP contribution < -0.4 is 5.32 Å². The van der Waals surface area contributed by atoms with Crippen LogP contribution in [0.3, 0.4) is 0 Å². The monoisotopic (exact) mass is 265 g/mol. The van der Waals surface area contributed by atoms with Crippen molar-refractivity contribution in [3.63, 3.8) is 0 Å². The summed E-state index contributed by atoms with van der Waals surface area (Å²) >= 11 is 0. The van der Waals surface area contributed by atoms with E-state index in [4.69, 9.17) is 14.2 Å². The van der Waals surface area contributed by atoms with E-state index >= 15 is 0 Å². The molecule has 1 aliphatic heterocycles. The Labute approximate surface area is 112 Å². The molecule has 2 rings (SSSR count). The van der Waals surface area contributed by atoms with E-state index in [0.29, 0.717) is 13.2 Å². The van der Waals surface area contributed by atoms with Crippen LogP contribution >= 0.6 is 0 Å². The first-order chi connectivity index (χ1) is 9.25. The van der Waals surface area contributed by atoms with Crippen molar-refractivity contribution in [2.24, 2.45) is 0 Å². The zero-order valence-corrected chi connectivity index (χ0v) is 11.0. The molecule has 19 heavy (non-hydrogen) atoms. The summed E-state index contributed by atoms with van der Waals surface area (Å²) in [4.78, 5) is 11.6. The molecule has 0 unspecified atom stereocenters. The predicted molar refractivity (Wildman–Crippen MR) is 69.5 cm³/mol. The molecule has 104 valence electrons. The number of alkyl carbamates (subject to hydrolysis) is 1. The van der Waals surface area contributed by atoms with Gasteiger partial charge in [-0.2, -0.15) is 0 Å². The van der Waals surface area contributed by atoms with Crippen LogP contribution in [0.5, 0.6) is 0 Å². The number of hydrogen-bond acceptors (Lipinski definition) is 4. The number of hydrogen-bond donors (Lipinski definition) is 1. The number of carbonyl (C=O) groups excluding carboxylic acids is 1. The van der Waals surface area contributed by atoms with Gasteiger partial charge in [0.05, 0.1) is 19.3 Å². The van der Waals surface area contributed by atoms with E-state index in [1.165, 1.54) is 0 Å². The number of carbonyl (C=O) groups is 1. The van der Waals surface area contributed by atoms with Crippen molar-refractivity contribution >= 4 is 6.09 Å². The third kappa shape index (κ3) is 4.54. The lowest BCUT2D eigenvalue weighted by Crippen LogP contribution is -2.45. The first-order valence-electron chi connectivity index (χ1n) is 6.46. The Morgan fingerprint density at radius 2 is 2.05 bits per heavy atom. The number of amides is 1. The molecule has 1 N–H and O–H groups in total. The summed E-state index contributed by atoms with van der Waals surface area (Å²) in [6, 6.07) is 9.31. The minimum absolute atomic E-state index is 0.233. The van der Waals surface area contributed by atoms with Crippen molar-refractivity contribution in [2.45, 2.75) is 32.3 Å². The Morgan fingerprint density at radius 3 is 2.74 bits per heavy atom. The van der Waals surface area contributed by atoms with Gasteiger partial charge >= 0.3 is 6.09 Å². The van der Waals surface area contributed by atoms with Gasteiger partial charge in [0.1, 0.15) is 6.61 Å². The van der Waals surface area contributed by atoms with Crippen LogP contribution in [0.25, 0.3) is 0 Å². The molecule has 0 saturated carbocycles. The van der Waals surface area contributed by atoms with Crippen LogP contribution in [0.1, 0.15) is 18.9 Å². The molecule has 0 radical (unpaired) electrons. The van der Waals surface area contributed by atoms with Gasteiger partial charge in [-0.05, 0) is 18.9 Å². The van der Waals surface area contributed by atoms with Crippen LogP contribution in [0.4, 0.5) is 4.79 Å². The second kappa shape index (κ2) is 7.11. The Hall–Kier alpha value is -1.59. The Balaban J connectivity index is 1.71. The standard InChI is InChI=1S/C14H19NO4/c1-11(13-17-8-5-9-18-13)15-14(16)19-10-12-6-3-2-4-7-12/h2-4,6-7,11,13H,5,8-10H2,1H3,(H,15,16)/t11-/m0/s1. The van der Waals surface area contributed by atoms with Crippen molar-refractivity contribution in [2.75, 3.05) is 13.2 Å². The highest BCUT2D eigenvalue weighted by molar-refractivity contribution is 5.67. The topological polar surface area (TPSA) is 56.8 Å². The molecule has 1 aromatic carbocycles. The van der Waals surface area contributed by atoms with E-state index < -0.39 is 12.4 Å². The molecule has 5 heteroatoms. The maximum atomic E-state index is 11.6. The number of nitrogens with one attached hydrogen (secondary N) is 1. The van der Waals surface area contributed by atoms with Crippen LogP contribution in [0.15, 0.2) is 30.3 Å². The van der Waals surface area contributed by atoms with Crippen molar-refractivity contribution in [3.8, 4) is 0 Å². The minimum Gasteiger partial charge on any atom is -0.445 e. The van der Waals surface area contributed by atoms with E-state index in [9.17, 15) is 4.79 Å². The summed E-state index contributed by atoms with van der Waals surface area (Å²) in [6.07, 6.45) is 0.0361. The average molecular weight is 265 g/mol. The molecule has 0 bridgehead atoms. The van der Waals surface area contributed by atoms with Gasteiger partial charge in [0, 0.05) is 0 Å². The SMILES string of the molecule is C[C@H](NC(=O)OCc1ccccc1)C1OCCCO1. The van der Waals surface area contributed by atoms with E-state index in [-0.39, 0.29) is 12.6 Å². The second-order valence-electron chi connectivity index (χ2n) is 4.46. The average Bonchev–Trinajstić information content (AvgIpc) is 2.47. The Bertz CT molecular complexity index is 390. The summed E-state index contributed by atoms with van der Waals surface area (Å²) in [5.74, 6) is 0. The third-order valence-corrected chi connectivity index (χ3v) is 2.82. The highest BCUT2D eigenvalue weighted by atomic mass is 16.7. The van der Waals surface area contributed by atoms with Gasteiger partial charge in [-0.1, -0.05) is 30.3 Å². The van der Waals surface area contributed by atoms with Gasteiger partial charge in [0.25, 0.3) is 0 Å². The molecule has 5 nitrogen and oxygen atoms in total. The fraction of sp³-hybridized carbons (Fsp3) is 0.500. The van der Waals surface area contributed by atoms with Crippen LogP contribution in [0, 0.1) is 0 Å². The zero-order valence-electron chi connectivity index (χ0n) is 11.0. The van der Waals surface area contributed by atoms with Crippen LogP contribution in [0.2, 0.25) is 0 Å². The first-order valence-corrected chi connectivity index (χ1v) is 6.46. The molecule has 1 heterocycles. The molecule has 0 spiro atoms. The van der Waals surface area contributed by atoms with Crippen molar-refractivity contribution in [1.82, 2.24) is 5.32 Å². The maximum Gasteiger partial charge on any atom is 0.407 e. The van der Waals surface area contributed by atoms with Gasteiger partial charge in [-0.25, -0.2) is 4.79 Å². The molecular weight excluding hydrogens is 246 g/mol. The maximum absolute atomic E-state index is 11.6. The van der Waals surface area contributed by atoms with E-state index in [1.54, 1.807) is 0 Å². The number of rotatable bonds is 4. The second-order valence-corrected chi connectivity index (χ2v) is 4.46. The number of ether oxygens (including phenoxy) is 3. The first kappa shape index (κ1) is 13.8. The van der Waals surface area contributed by atoms with Gasteiger partial charge in [0.15, 0.2) is 6.29 Å².